The highest BCUT2D eigenvalue weighted by Crippen LogP contribution is 2.26. The molecule has 1 fully saturated rings. The zero-order valence-electron chi connectivity index (χ0n) is 15.6. The average molecular weight is 353 g/mol. The predicted molar refractivity (Wildman–Crippen MR) is 106 cm³/mol. The van der Waals surface area contributed by atoms with Crippen LogP contribution in [0.5, 0.6) is 5.75 Å². The van der Waals surface area contributed by atoms with Gasteiger partial charge in [-0.3, -0.25) is 4.79 Å². The second-order valence-corrected chi connectivity index (χ2v) is 6.65. The number of amides is 1. The lowest BCUT2D eigenvalue weighted by Gasteiger charge is -2.35. The van der Waals surface area contributed by atoms with E-state index in [1.165, 1.54) is 5.56 Å². The third-order valence-corrected chi connectivity index (χ3v) is 4.70. The molecule has 0 radical (unpaired) electrons. The summed E-state index contributed by atoms with van der Waals surface area (Å²) in [6.07, 6.45) is 0.946. The summed E-state index contributed by atoms with van der Waals surface area (Å²) in [5.74, 6) is 0.584. The molecule has 0 bridgehead atoms. The number of rotatable bonds is 6. The van der Waals surface area contributed by atoms with Crippen molar-refractivity contribution in [2.24, 2.45) is 0 Å². The molecular weight excluding hydrogens is 326 g/mol. The van der Waals surface area contributed by atoms with Crippen molar-refractivity contribution in [1.82, 2.24) is 4.90 Å². The number of anilines is 2. The van der Waals surface area contributed by atoms with Gasteiger partial charge >= 0.3 is 0 Å². The second kappa shape index (κ2) is 8.72. The minimum atomic E-state index is -0.145. The Morgan fingerprint density at radius 2 is 1.85 bits per heavy atom. The van der Waals surface area contributed by atoms with Crippen LogP contribution in [0.1, 0.15) is 12.5 Å². The molecule has 5 nitrogen and oxygen atoms in total. The van der Waals surface area contributed by atoms with Crippen LogP contribution in [0.4, 0.5) is 11.4 Å². The van der Waals surface area contributed by atoms with Gasteiger partial charge in [-0.2, -0.15) is 0 Å². The molecule has 3 rings (SSSR count). The lowest BCUT2D eigenvalue weighted by atomic mass is 10.2. The molecule has 0 saturated carbocycles. The zero-order valence-corrected chi connectivity index (χ0v) is 15.6. The summed E-state index contributed by atoms with van der Waals surface area (Å²) < 4.78 is 5.65. The van der Waals surface area contributed by atoms with Crippen LogP contribution in [0.25, 0.3) is 0 Å². The van der Waals surface area contributed by atoms with Crippen molar-refractivity contribution in [2.75, 3.05) is 50.1 Å². The van der Waals surface area contributed by atoms with Gasteiger partial charge in [-0.25, -0.2) is 0 Å². The fourth-order valence-corrected chi connectivity index (χ4v) is 3.09. The number of likely N-dealkylation sites (N-methyl/N-ethyl adjacent to an activating group) is 1. The molecule has 5 heteroatoms. The number of para-hydroxylation sites is 2. The molecule has 1 aliphatic heterocycles. The van der Waals surface area contributed by atoms with Crippen LogP contribution in [0.2, 0.25) is 0 Å². The van der Waals surface area contributed by atoms with Crippen LogP contribution in [0, 0.1) is 0 Å². The molecule has 1 saturated heterocycles. The van der Waals surface area contributed by atoms with E-state index >= 15 is 0 Å². The van der Waals surface area contributed by atoms with Gasteiger partial charge < -0.3 is 19.9 Å². The van der Waals surface area contributed by atoms with Crippen molar-refractivity contribution in [3.05, 3.63) is 54.1 Å². The Labute approximate surface area is 155 Å². The lowest BCUT2D eigenvalue weighted by molar-refractivity contribution is -0.118. The first-order valence-electron chi connectivity index (χ1n) is 9.20. The van der Waals surface area contributed by atoms with E-state index in [4.69, 9.17) is 4.74 Å². The number of carbonyl (C=O) groups is 1. The first-order chi connectivity index (χ1) is 12.7. The van der Waals surface area contributed by atoms with Crippen LogP contribution in [-0.2, 0) is 11.2 Å². The number of benzene rings is 2. The molecule has 2 aromatic rings. The number of nitrogens with zero attached hydrogens (tertiary/aromatic N) is 2. The van der Waals surface area contributed by atoms with E-state index < -0.39 is 0 Å². The number of hydrogen-bond donors (Lipinski definition) is 1. The summed E-state index contributed by atoms with van der Waals surface area (Å²) in [7, 11) is 2.13. The fraction of sp³-hybridized carbons (Fsp3) is 0.381. The maximum absolute atomic E-state index is 12.4. The number of carbonyl (C=O) groups excluding carboxylic acids is 1. The van der Waals surface area contributed by atoms with Crippen LogP contribution in [0.15, 0.2) is 48.5 Å². The number of ether oxygens (including phenoxy) is 1. The summed E-state index contributed by atoms with van der Waals surface area (Å²) >= 11 is 0. The Kier molecular flexibility index (Phi) is 6.12. The Balaban J connectivity index is 1.60. The first-order valence-corrected chi connectivity index (χ1v) is 9.20. The van der Waals surface area contributed by atoms with Crippen molar-refractivity contribution in [1.29, 1.82) is 0 Å². The minimum Gasteiger partial charge on any atom is -0.484 e. The van der Waals surface area contributed by atoms with E-state index in [9.17, 15) is 4.79 Å². The average Bonchev–Trinajstić information content (AvgIpc) is 2.68. The van der Waals surface area contributed by atoms with Gasteiger partial charge in [0.05, 0.1) is 11.4 Å². The van der Waals surface area contributed by atoms with Crippen molar-refractivity contribution < 1.29 is 9.53 Å². The molecule has 1 heterocycles. The van der Waals surface area contributed by atoms with Gasteiger partial charge in [0, 0.05) is 26.2 Å². The molecule has 0 unspecified atom stereocenters. The van der Waals surface area contributed by atoms with Crippen molar-refractivity contribution in [2.45, 2.75) is 13.3 Å². The van der Waals surface area contributed by atoms with Gasteiger partial charge in [-0.15, -0.1) is 0 Å². The van der Waals surface area contributed by atoms with E-state index in [0.717, 1.165) is 49.7 Å². The topological polar surface area (TPSA) is 44.8 Å². The predicted octanol–water partition coefficient (Wildman–Crippen LogP) is 3.02. The van der Waals surface area contributed by atoms with Crippen LogP contribution in [0.3, 0.4) is 0 Å². The molecule has 2 aromatic carbocycles. The fourth-order valence-electron chi connectivity index (χ4n) is 3.09. The standard InChI is InChI=1S/C21H27N3O2/c1-3-17-7-6-8-18(15-17)26-16-21(25)22-19-9-4-5-10-20(19)24-13-11-23(2)12-14-24/h4-10,15H,3,11-14,16H2,1-2H3,(H,22,25). The third-order valence-electron chi connectivity index (χ3n) is 4.70. The number of aryl methyl sites for hydroxylation is 1. The SMILES string of the molecule is CCc1cccc(OCC(=O)Nc2ccccc2N2CCN(C)CC2)c1. The number of piperazine rings is 1. The smallest absolute Gasteiger partial charge is 0.262 e. The molecule has 1 amide bonds. The van der Waals surface area contributed by atoms with E-state index in [0.29, 0.717) is 0 Å². The maximum Gasteiger partial charge on any atom is 0.262 e. The van der Waals surface area contributed by atoms with Gasteiger partial charge in [0.2, 0.25) is 0 Å². The van der Waals surface area contributed by atoms with Crippen LogP contribution in [-0.4, -0.2) is 50.6 Å². The van der Waals surface area contributed by atoms with E-state index in [1.807, 2.05) is 36.4 Å². The molecular formula is C21H27N3O2. The van der Waals surface area contributed by atoms with Gasteiger partial charge in [0.15, 0.2) is 6.61 Å². The monoisotopic (exact) mass is 353 g/mol. The Bertz CT molecular complexity index is 740. The van der Waals surface area contributed by atoms with Crippen molar-refractivity contribution in [3.8, 4) is 5.75 Å². The summed E-state index contributed by atoms with van der Waals surface area (Å²) in [5.41, 5.74) is 3.11. The van der Waals surface area contributed by atoms with Gasteiger partial charge in [-0.1, -0.05) is 31.2 Å². The highest BCUT2D eigenvalue weighted by atomic mass is 16.5. The minimum absolute atomic E-state index is 0.00421. The normalized spacial score (nSPS) is 14.9. The molecule has 26 heavy (non-hydrogen) atoms. The molecule has 0 atom stereocenters. The van der Waals surface area contributed by atoms with Crippen LogP contribution < -0.4 is 15.0 Å². The Hall–Kier alpha value is -2.53. The highest BCUT2D eigenvalue weighted by Gasteiger charge is 2.17. The molecule has 138 valence electrons. The molecule has 0 aliphatic carbocycles. The zero-order chi connectivity index (χ0) is 18.4. The van der Waals surface area contributed by atoms with E-state index in [1.54, 1.807) is 0 Å². The van der Waals surface area contributed by atoms with Crippen LogP contribution >= 0.6 is 0 Å². The molecule has 1 N–H and O–H groups in total. The largest absolute Gasteiger partial charge is 0.484 e. The molecule has 0 spiro atoms. The number of hydrogen-bond acceptors (Lipinski definition) is 4. The quantitative estimate of drug-likeness (QED) is 0.867. The van der Waals surface area contributed by atoms with E-state index in [-0.39, 0.29) is 12.5 Å². The van der Waals surface area contributed by atoms with E-state index in [2.05, 4.69) is 41.2 Å². The lowest BCUT2D eigenvalue weighted by Crippen LogP contribution is -2.44. The summed E-state index contributed by atoms with van der Waals surface area (Å²) in [4.78, 5) is 17.0. The first kappa shape index (κ1) is 18.3. The summed E-state index contributed by atoms with van der Waals surface area (Å²) in [6, 6.07) is 15.8. The van der Waals surface area contributed by atoms with Gasteiger partial charge in [0.1, 0.15) is 5.75 Å². The Morgan fingerprint density at radius 1 is 1.08 bits per heavy atom. The maximum atomic E-state index is 12.4. The summed E-state index contributed by atoms with van der Waals surface area (Å²) in [5, 5.41) is 3.00. The van der Waals surface area contributed by atoms with Crippen molar-refractivity contribution >= 4 is 17.3 Å². The molecule has 1 aliphatic rings. The highest BCUT2D eigenvalue weighted by molar-refractivity contribution is 5.95. The number of nitrogens with one attached hydrogen (secondary N) is 1. The second-order valence-electron chi connectivity index (χ2n) is 6.65. The third kappa shape index (κ3) is 4.76. The van der Waals surface area contributed by atoms with Gasteiger partial charge in [-0.05, 0) is 43.3 Å². The van der Waals surface area contributed by atoms with Crippen molar-refractivity contribution in [3.63, 3.8) is 0 Å². The summed E-state index contributed by atoms with van der Waals surface area (Å²) in [6.45, 7) is 6.08. The Morgan fingerprint density at radius 3 is 2.62 bits per heavy atom. The van der Waals surface area contributed by atoms with Gasteiger partial charge in [0.25, 0.3) is 5.91 Å². The molecule has 0 aromatic heterocycles.